The van der Waals surface area contributed by atoms with Gasteiger partial charge in [-0.1, -0.05) is 0 Å². The molecule has 1 aromatic carbocycles. The van der Waals surface area contributed by atoms with E-state index >= 15 is 0 Å². The van der Waals surface area contributed by atoms with Gasteiger partial charge < -0.3 is 10.2 Å². The van der Waals surface area contributed by atoms with Crippen LogP contribution in [0.1, 0.15) is 18.2 Å². The minimum atomic E-state index is -0.244. The summed E-state index contributed by atoms with van der Waals surface area (Å²) in [5.74, 6) is -0.244. The van der Waals surface area contributed by atoms with Crippen molar-refractivity contribution in [1.29, 1.82) is 0 Å². The van der Waals surface area contributed by atoms with E-state index in [2.05, 4.69) is 34.1 Å². The fraction of sp³-hybridized carbons (Fsp3) is 0.444. The van der Waals surface area contributed by atoms with Crippen molar-refractivity contribution in [2.75, 3.05) is 31.5 Å². The van der Waals surface area contributed by atoms with Gasteiger partial charge in [0.2, 0.25) is 0 Å². The molecule has 0 aliphatic carbocycles. The number of piperazine rings is 1. The van der Waals surface area contributed by atoms with Gasteiger partial charge in [0.25, 0.3) is 0 Å². The van der Waals surface area contributed by atoms with E-state index in [9.17, 15) is 4.39 Å². The Morgan fingerprint density at radius 1 is 1.20 bits per heavy atom. The number of aryl methyl sites for hydroxylation is 1. The summed E-state index contributed by atoms with van der Waals surface area (Å²) < 4.78 is 15.0. The molecule has 0 spiro atoms. The number of nitrogens with one attached hydrogen (secondary N) is 1. The lowest BCUT2D eigenvalue weighted by Crippen LogP contribution is -2.49. The molecule has 2 heterocycles. The molecule has 7 heteroatoms. The Hall–Kier alpha value is -1.99. The number of nitrogens with zero attached hydrogens (tertiary/aromatic N) is 4. The third kappa shape index (κ3) is 4.35. The molecule has 0 atom stereocenters. The molecule has 134 valence electrons. The Bertz CT molecular complexity index is 720. The van der Waals surface area contributed by atoms with Crippen molar-refractivity contribution in [3.8, 4) is 0 Å². The molecule has 3 rings (SSSR count). The van der Waals surface area contributed by atoms with Crippen LogP contribution in [0.4, 0.5) is 10.1 Å². The van der Waals surface area contributed by atoms with Gasteiger partial charge in [-0.3, -0.25) is 9.58 Å². The second kappa shape index (κ2) is 7.93. The Kier molecular flexibility index (Phi) is 5.65. The summed E-state index contributed by atoms with van der Waals surface area (Å²) >= 11 is 5.49. The van der Waals surface area contributed by atoms with Crippen LogP contribution < -0.4 is 5.32 Å². The van der Waals surface area contributed by atoms with Gasteiger partial charge in [0.05, 0.1) is 6.20 Å². The lowest BCUT2D eigenvalue weighted by molar-refractivity contribution is 0.176. The summed E-state index contributed by atoms with van der Waals surface area (Å²) in [4.78, 5) is 4.60. The predicted molar refractivity (Wildman–Crippen MR) is 102 cm³/mol. The van der Waals surface area contributed by atoms with E-state index in [1.165, 1.54) is 23.4 Å². The quantitative estimate of drug-likeness (QED) is 0.848. The largest absolute Gasteiger partial charge is 0.346 e. The number of benzene rings is 1. The van der Waals surface area contributed by atoms with Gasteiger partial charge in [-0.25, -0.2) is 4.39 Å². The van der Waals surface area contributed by atoms with Crippen molar-refractivity contribution in [2.24, 2.45) is 0 Å². The van der Waals surface area contributed by atoms with Crippen LogP contribution >= 0.6 is 12.2 Å². The number of anilines is 1. The second-order valence-corrected chi connectivity index (χ2v) is 6.66. The lowest BCUT2D eigenvalue weighted by atomic mass is 10.2. The molecule has 0 unspecified atom stereocenters. The predicted octanol–water partition coefficient (Wildman–Crippen LogP) is 2.87. The molecule has 25 heavy (non-hydrogen) atoms. The minimum Gasteiger partial charge on any atom is -0.346 e. The summed E-state index contributed by atoms with van der Waals surface area (Å²) in [6.07, 6.45) is 1.98. The minimum absolute atomic E-state index is 0.244. The molecule has 1 aliphatic rings. The Labute approximate surface area is 153 Å². The van der Waals surface area contributed by atoms with Crippen molar-refractivity contribution >= 4 is 23.0 Å². The zero-order chi connectivity index (χ0) is 17.8. The Morgan fingerprint density at radius 2 is 1.88 bits per heavy atom. The van der Waals surface area contributed by atoms with E-state index in [4.69, 9.17) is 12.2 Å². The first-order valence-corrected chi connectivity index (χ1v) is 9.02. The molecule has 1 fully saturated rings. The molecule has 0 radical (unpaired) electrons. The zero-order valence-corrected chi connectivity index (χ0v) is 15.5. The summed E-state index contributed by atoms with van der Waals surface area (Å²) in [6.45, 7) is 9.76. The molecule has 1 aromatic heterocycles. The first kappa shape index (κ1) is 17.8. The molecule has 1 saturated heterocycles. The molecule has 1 N–H and O–H groups in total. The highest BCUT2D eigenvalue weighted by Crippen LogP contribution is 2.14. The van der Waals surface area contributed by atoms with Gasteiger partial charge in [-0.2, -0.15) is 5.10 Å². The molecule has 0 amide bonds. The maximum Gasteiger partial charge on any atom is 0.173 e. The van der Waals surface area contributed by atoms with E-state index in [0.717, 1.165) is 45.0 Å². The van der Waals surface area contributed by atoms with Gasteiger partial charge in [-0.05, 0) is 50.3 Å². The standard InChI is InChI=1S/C18H24FN5S/c1-3-24-14(2)15(12-20-24)13-22-8-10-23(11-9-22)18(25)21-17-6-4-16(19)5-7-17/h4-7,12H,3,8-11,13H2,1-2H3,(H,21,25). The third-order valence-corrected chi connectivity index (χ3v) is 5.01. The number of aromatic nitrogens is 2. The van der Waals surface area contributed by atoms with Crippen LogP contribution in [-0.2, 0) is 13.1 Å². The lowest BCUT2D eigenvalue weighted by Gasteiger charge is -2.36. The zero-order valence-electron chi connectivity index (χ0n) is 14.7. The molecule has 0 bridgehead atoms. The fourth-order valence-electron chi connectivity index (χ4n) is 3.04. The van der Waals surface area contributed by atoms with Crippen LogP contribution in [0.3, 0.4) is 0 Å². The van der Waals surface area contributed by atoms with Crippen LogP contribution in [0.25, 0.3) is 0 Å². The molecule has 0 saturated carbocycles. The number of rotatable bonds is 4. The van der Waals surface area contributed by atoms with E-state index < -0.39 is 0 Å². The Balaban J connectivity index is 1.50. The molecule has 5 nitrogen and oxygen atoms in total. The highest BCUT2D eigenvalue weighted by atomic mass is 32.1. The average molecular weight is 361 g/mol. The van der Waals surface area contributed by atoms with Gasteiger partial charge in [0.15, 0.2) is 5.11 Å². The van der Waals surface area contributed by atoms with E-state index in [0.29, 0.717) is 5.11 Å². The number of hydrogen-bond acceptors (Lipinski definition) is 3. The smallest absolute Gasteiger partial charge is 0.173 e. The van der Waals surface area contributed by atoms with Crippen molar-refractivity contribution in [2.45, 2.75) is 26.9 Å². The van der Waals surface area contributed by atoms with Gasteiger partial charge in [-0.15, -0.1) is 0 Å². The average Bonchev–Trinajstić information content (AvgIpc) is 2.97. The molecule has 1 aliphatic heterocycles. The van der Waals surface area contributed by atoms with Crippen LogP contribution in [0.2, 0.25) is 0 Å². The van der Waals surface area contributed by atoms with Crippen LogP contribution in [-0.4, -0.2) is 50.9 Å². The molecular formula is C18H24FN5S. The number of halogens is 1. The third-order valence-electron chi connectivity index (χ3n) is 4.65. The number of hydrogen-bond donors (Lipinski definition) is 1. The fourth-order valence-corrected chi connectivity index (χ4v) is 3.35. The SMILES string of the molecule is CCn1ncc(CN2CCN(C(=S)Nc3ccc(F)cc3)CC2)c1C. The highest BCUT2D eigenvalue weighted by molar-refractivity contribution is 7.80. The van der Waals surface area contributed by atoms with Crippen LogP contribution in [0.15, 0.2) is 30.5 Å². The first-order chi connectivity index (χ1) is 12.1. The maximum atomic E-state index is 13.0. The van der Waals surface area contributed by atoms with Crippen molar-refractivity contribution in [1.82, 2.24) is 19.6 Å². The van der Waals surface area contributed by atoms with Crippen molar-refractivity contribution in [3.05, 3.63) is 47.5 Å². The number of thiocarbonyl (C=S) groups is 1. The summed E-state index contributed by atoms with van der Waals surface area (Å²) in [7, 11) is 0. The second-order valence-electron chi connectivity index (χ2n) is 6.27. The summed E-state index contributed by atoms with van der Waals surface area (Å²) in [5.41, 5.74) is 3.36. The van der Waals surface area contributed by atoms with Gasteiger partial charge in [0, 0.05) is 56.2 Å². The van der Waals surface area contributed by atoms with Gasteiger partial charge >= 0.3 is 0 Å². The van der Waals surface area contributed by atoms with Gasteiger partial charge in [0.1, 0.15) is 5.82 Å². The maximum absolute atomic E-state index is 13.0. The molecule has 2 aromatic rings. The highest BCUT2D eigenvalue weighted by Gasteiger charge is 2.20. The van der Waals surface area contributed by atoms with E-state index in [1.54, 1.807) is 12.1 Å². The van der Waals surface area contributed by atoms with E-state index in [1.807, 2.05) is 10.9 Å². The van der Waals surface area contributed by atoms with Crippen LogP contribution in [0.5, 0.6) is 0 Å². The monoisotopic (exact) mass is 361 g/mol. The summed E-state index contributed by atoms with van der Waals surface area (Å²) in [6, 6.07) is 6.27. The Morgan fingerprint density at radius 3 is 2.48 bits per heavy atom. The van der Waals surface area contributed by atoms with Crippen molar-refractivity contribution in [3.63, 3.8) is 0 Å². The van der Waals surface area contributed by atoms with Crippen molar-refractivity contribution < 1.29 is 4.39 Å². The normalized spacial score (nSPS) is 15.4. The topological polar surface area (TPSA) is 36.3 Å². The first-order valence-electron chi connectivity index (χ1n) is 8.62. The summed E-state index contributed by atoms with van der Waals surface area (Å²) in [5, 5.41) is 8.30. The molecular weight excluding hydrogens is 337 g/mol. The van der Waals surface area contributed by atoms with Crippen LogP contribution in [0, 0.1) is 12.7 Å². The van der Waals surface area contributed by atoms with E-state index in [-0.39, 0.29) is 5.82 Å².